The normalized spacial score (nSPS) is 20.5. The molecule has 3 heterocycles. The summed E-state index contributed by atoms with van der Waals surface area (Å²) in [7, 11) is 0. The van der Waals surface area contributed by atoms with E-state index >= 15 is 0 Å². The molecule has 0 unspecified atom stereocenters. The maximum absolute atomic E-state index is 11.9. The van der Waals surface area contributed by atoms with Crippen LogP contribution in [-0.4, -0.2) is 47.0 Å². The van der Waals surface area contributed by atoms with Gasteiger partial charge in [-0.25, -0.2) is 4.98 Å². The van der Waals surface area contributed by atoms with Gasteiger partial charge in [0, 0.05) is 18.7 Å². The molecule has 116 valence electrons. The number of nitrogens with one attached hydrogen (secondary N) is 2. The first kappa shape index (κ1) is 14.6. The van der Waals surface area contributed by atoms with E-state index in [9.17, 15) is 4.79 Å². The zero-order valence-electron chi connectivity index (χ0n) is 12.8. The average Bonchev–Trinajstić information content (AvgIpc) is 2.64. The van der Waals surface area contributed by atoms with Crippen molar-refractivity contribution in [3.8, 4) is 0 Å². The van der Waals surface area contributed by atoms with Crippen LogP contribution in [0.4, 0.5) is 0 Å². The Balaban J connectivity index is 1.51. The predicted octanol–water partition coefficient (Wildman–Crippen LogP) is 1.89. The monoisotopic (exact) mass is 290 g/mol. The number of likely N-dealkylation sites (tertiary alicyclic amines) is 1. The molecule has 0 atom stereocenters. The fraction of sp³-hybridized carbons (Fsp3) is 0.750. The van der Waals surface area contributed by atoms with Crippen LogP contribution in [0.2, 0.25) is 0 Å². The van der Waals surface area contributed by atoms with Gasteiger partial charge in [-0.3, -0.25) is 4.79 Å². The van der Waals surface area contributed by atoms with Crippen LogP contribution in [0.3, 0.4) is 0 Å². The van der Waals surface area contributed by atoms with Crippen LogP contribution < -0.4 is 5.32 Å². The molecule has 1 amide bonds. The van der Waals surface area contributed by atoms with Gasteiger partial charge in [-0.2, -0.15) is 0 Å². The second-order valence-electron chi connectivity index (χ2n) is 6.23. The molecule has 1 saturated heterocycles. The number of H-pyrrole nitrogens is 1. The topological polar surface area (TPSA) is 61.0 Å². The summed E-state index contributed by atoms with van der Waals surface area (Å²) in [4.78, 5) is 22.3. The molecule has 5 heteroatoms. The number of aromatic amines is 1. The van der Waals surface area contributed by atoms with Gasteiger partial charge in [0.05, 0.1) is 0 Å². The molecule has 2 aliphatic heterocycles. The Hall–Kier alpha value is -1.36. The second kappa shape index (κ2) is 7.07. The highest BCUT2D eigenvalue weighted by molar-refractivity contribution is 5.93. The molecule has 1 aromatic heterocycles. The van der Waals surface area contributed by atoms with Gasteiger partial charge in [0.2, 0.25) is 0 Å². The van der Waals surface area contributed by atoms with Gasteiger partial charge in [0.1, 0.15) is 11.5 Å². The van der Waals surface area contributed by atoms with Crippen LogP contribution in [0.1, 0.15) is 60.5 Å². The molecule has 1 aromatic rings. The SMILES string of the molecule is O=C1NCCCc2[nH]c(CCCN3CCCCCC3)nc21. The minimum absolute atomic E-state index is 0.0162. The molecular formula is C16H26N4O. The average molecular weight is 290 g/mol. The van der Waals surface area contributed by atoms with Crippen LogP contribution in [0.5, 0.6) is 0 Å². The first-order valence-corrected chi connectivity index (χ1v) is 8.41. The number of hydrogen-bond donors (Lipinski definition) is 2. The Morgan fingerprint density at radius 1 is 1.10 bits per heavy atom. The van der Waals surface area contributed by atoms with Gasteiger partial charge in [0.25, 0.3) is 5.91 Å². The number of carbonyl (C=O) groups excluding carboxylic acids is 1. The summed E-state index contributed by atoms with van der Waals surface area (Å²) in [5.41, 5.74) is 1.65. The van der Waals surface area contributed by atoms with E-state index in [1.165, 1.54) is 38.8 Å². The number of hydrogen-bond acceptors (Lipinski definition) is 3. The third-order valence-corrected chi connectivity index (χ3v) is 4.52. The molecule has 2 aliphatic rings. The minimum Gasteiger partial charge on any atom is -0.351 e. The van der Waals surface area contributed by atoms with Crippen molar-refractivity contribution in [2.75, 3.05) is 26.2 Å². The van der Waals surface area contributed by atoms with Crippen molar-refractivity contribution >= 4 is 5.91 Å². The molecule has 3 rings (SSSR count). The third kappa shape index (κ3) is 3.84. The lowest BCUT2D eigenvalue weighted by atomic mass is 10.2. The summed E-state index contributed by atoms with van der Waals surface area (Å²) in [6.45, 7) is 4.40. The van der Waals surface area contributed by atoms with E-state index in [0.29, 0.717) is 5.69 Å². The van der Waals surface area contributed by atoms with Crippen molar-refractivity contribution in [1.82, 2.24) is 20.2 Å². The highest BCUT2D eigenvalue weighted by Crippen LogP contribution is 2.14. The van der Waals surface area contributed by atoms with E-state index in [4.69, 9.17) is 0 Å². The van der Waals surface area contributed by atoms with Gasteiger partial charge in [-0.05, 0) is 51.7 Å². The second-order valence-corrected chi connectivity index (χ2v) is 6.23. The van der Waals surface area contributed by atoms with Gasteiger partial charge in [-0.1, -0.05) is 12.8 Å². The molecule has 2 N–H and O–H groups in total. The lowest BCUT2D eigenvalue weighted by molar-refractivity contribution is 0.0951. The highest BCUT2D eigenvalue weighted by Gasteiger charge is 2.19. The number of carbonyl (C=O) groups is 1. The third-order valence-electron chi connectivity index (χ3n) is 4.52. The van der Waals surface area contributed by atoms with E-state index in [-0.39, 0.29) is 5.91 Å². The maximum atomic E-state index is 11.9. The van der Waals surface area contributed by atoms with Crippen LogP contribution in [0.15, 0.2) is 0 Å². The lowest BCUT2D eigenvalue weighted by Crippen LogP contribution is -2.26. The van der Waals surface area contributed by atoms with E-state index in [0.717, 1.165) is 50.3 Å². The van der Waals surface area contributed by atoms with Crippen molar-refractivity contribution in [3.05, 3.63) is 17.2 Å². The molecule has 0 saturated carbocycles. The number of nitrogens with zero attached hydrogens (tertiary/aromatic N) is 2. The summed E-state index contributed by atoms with van der Waals surface area (Å²) >= 11 is 0. The molecule has 0 bridgehead atoms. The summed E-state index contributed by atoms with van der Waals surface area (Å²) < 4.78 is 0. The van der Waals surface area contributed by atoms with Crippen LogP contribution >= 0.6 is 0 Å². The van der Waals surface area contributed by atoms with Crippen LogP contribution in [-0.2, 0) is 12.8 Å². The number of aromatic nitrogens is 2. The number of amides is 1. The quantitative estimate of drug-likeness (QED) is 0.890. The molecule has 0 spiro atoms. The van der Waals surface area contributed by atoms with Crippen molar-refractivity contribution in [2.45, 2.75) is 51.4 Å². The Bertz CT molecular complexity index is 475. The van der Waals surface area contributed by atoms with Crippen molar-refractivity contribution in [1.29, 1.82) is 0 Å². The van der Waals surface area contributed by atoms with Gasteiger partial charge in [0.15, 0.2) is 0 Å². The Kier molecular flexibility index (Phi) is 4.91. The summed E-state index contributed by atoms with van der Waals surface area (Å²) in [5.74, 6) is 0.962. The summed E-state index contributed by atoms with van der Waals surface area (Å²) in [6.07, 6.45) is 9.43. The van der Waals surface area contributed by atoms with E-state index < -0.39 is 0 Å². The highest BCUT2D eigenvalue weighted by atomic mass is 16.1. The fourth-order valence-corrected chi connectivity index (χ4v) is 3.33. The number of imidazole rings is 1. The number of aryl methyl sites for hydroxylation is 2. The zero-order chi connectivity index (χ0) is 14.5. The summed E-state index contributed by atoms with van der Waals surface area (Å²) in [6, 6.07) is 0. The molecule has 1 fully saturated rings. The first-order valence-electron chi connectivity index (χ1n) is 8.41. The van der Waals surface area contributed by atoms with Crippen molar-refractivity contribution in [2.24, 2.45) is 0 Å². The molecular weight excluding hydrogens is 264 g/mol. The van der Waals surface area contributed by atoms with Crippen molar-refractivity contribution in [3.63, 3.8) is 0 Å². The Morgan fingerprint density at radius 3 is 2.71 bits per heavy atom. The molecule has 21 heavy (non-hydrogen) atoms. The largest absolute Gasteiger partial charge is 0.351 e. The first-order chi connectivity index (χ1) is 10.3. The Labute approximate surface area is 126 Å². The van der Waals surface area contributed by atoms with Crippen LogP contribution in [0.25, 0.3) is 0 Å². The standard InChI is InChI=1S/C16H26N4O/c21-16-15-13(7-5-9-17-16)18-14(19-15)8-6-12-20-10-3-1-2-4-11-20/h1-12H2,(H,17,21)(H,18,19). The molecule has 5 nitrogen and oxygen atoms in total. The van der Waals surface area contributed by atoms with Gasteiger partial charge < -0.3 is 15.2 Å². The smallest absolute Gasteiger partial charge is 0.271 e. The Morgan fingerprint density at radius 2 is 1.90 bits per heavy atom. The fourth-order valence-electron chi connectivity index (χ4n) is 3.33. The molecule has 0 aliphatic carbocycles. The van der Waals surface area contributed by atoms with Crippen molar-refractivity contribution < 1.29 is 4.79 Å². The summed E-state index contributed by atoms with van der Waals surface area (Å²) in [5, 5.41) is 2.90. The van der Waals surface area contributed by atoms with Gasteiger partial charge in [-0.15, -0.1) is 0 Å². The number of fused-ring (bicyclic) bond motifs is 1. The minimum atomic E-state index is -0.0162. The van der Waals surface area contributed by atoms with Gasteiger partial charge >= 0.3 is 0 Å². The molecule has 0 aromatic carbocycles. The van der Waals surface area contributed by atoms with E-state index in [2.05, 4.69) is 20.2 Å². The maximum Gasteiger partial charge on any atom is 0.271 e. The van der Waals surface area contributed by atoms with E-state index in [1.54, 1.807) is 0 Å². The number of rotatable bonds is 4. The predicted molar refractivity (Wildman–Crippen MR) is 82.5 cm³/mol. The zero-order valence-corrected chi connectivity index (χ0v) is 12.8. The lowest BCUT2D eigenvalue weighted by Gasteiger charge is -2.18. The van der Waals surface area contributed by atoms with Crippen LogP contribution in [0, 0.1) is 0 Å². The molecule has 0 radical (unpaired) electrons. The van der Waals surface area contributed by atoms with E-state index in [1.807, 2.05) is 0 Å².